The molecule has 0 saturated carbocycles. The van der Waals surface area contributed by atoms with E-state index in [0.29, 0.717) is 33.1 Å². The molecule has 0 fully saturated rings. The molecule has 0 bridgehead atoms. The summed E-state index contributed by atoms with van der Waals surface area (Å²) in [7, 11) is 1.24. The minimum Gasteiger partial charge on any atom is -0.510 e. The zero-order chi connectivity index (χ0) is 24.4. The maximum Gasteiger partial charge on any atom is 0.345 e. The van der Waals surface area contributed by atoms with E-state index in [9.17, 15) is 14.7 Å². The molecule has 0 amide bonds. The minimum atomic E-state index is -0.724. The lowest BCUT2D eigenvalue weighted by Gasteiger charge is -2.15. The van der Waals surface area contributed by atoms with Gasteiger partial charge < -0.3 is 14.8 Å². The van der Waals surface area contributed by atoms with Crippen LogP contribution < -0.4 is 5.56 Å². The zero-order valence-electron chi connectivity index (χ0n) is 18.8. The van der Waals surface area contributed by atoms with E-state index in [-0.39, 0.29) is 34.4 Å². The van der Waals surface area contributed by atoms with Crippen LogP contribution in [0.2, 0.25) is 5.02 Å². The smallest absolute Gasteiger partial charge is 0.345 e. The Morgan fingerprint density at radius 2 is 1.97 bits per heavy atom. The number of H-pyrrole nitrogens is 1. The number of aliphatic hydroxyl groups is 1. The number of benzene rings is 2. The molecular formula is C24H23ClN4O4S. The number of thioether (sulfide) groups is 1. The highest BCUT2D eigenvalue weighted by molar-refractivity contribution is 7.99. The number of methoxy groups -OCH3 is 1. The summed E-state index contributed by atoms with van der Waals surface area (Å²) < 4.78 is 6.46. The lowest BCUT2D eigenvalue weighted by atomic mass is 10.2. The Hall–Kier alpha value is -3.30. The molecule has 4 aromatic rings. The number of ether oxygens (including phenoxy) is 1. The fraction of sp³-hybridized carbons (Fsp3) is 0.250. The maximum atomic E-state index is 13.2. The standard InChI is InChI=1S/C24H23ClN4O4S/c1-13(2)11-29-22(31)15-10-14(25)8-9-16(15)28-24(29)34-12-19(30)20(23(32)33-3)21-26-17-6-4-5-7-18(17)27-21/h4-10,13,30H,11-12H2,1-3H3,(H,26,27)/b20-19+. The quantitative estimate of drug-likeness (QED) is 0.124. The van der Waals surface area contributed by atoms with Gasteiger partial charge in [0.1, 0.15) is 17.2 Å². The van der Waals surface area contributed by atoms with Crippen molar-refractivity contribution in [1.82, 2.24) is 19.5 Å². The highest BCUT2D eigenvalue weighted by Crippen LogP contribution is 2.26. The zero-order valence-corrected chi connectivity index (χ0v) is 20.4. The van der Waals surface area contributed by atoms with Crippen LogP contribution in [0, 0.1) is 5.92 Å². The fourth-order valence-corrected chi connectivity index (χ4v) is 4.60. The van der Waals surface area contributed by atoms with Crippen molar-refractivity contribution >= 4 is 56.8 Å². The van der Waals surface area contributed by atoms with Gasteiger partial charge in [0.15, 0.2) is 5.16 Å². The molecule has 2 aromatic carbocycles. The number of hydrogen-bond donors (Lipinski definition) is 2. The lowest BCUT2D eigenvalue weighted by Crippen LogP contribution is -2.25. The monoisotopic (exact) mass is 498 g/mol. The van der Waals surface area contributed by atoms with Crippen LogP contribution in [0.5, 0.6) is 0 Å². The molecule has 0 aliphatic rings. The van der Waals surface area contributed by atoms with Crippen molar-refractivity contribution in [3.05, 3.63) is 69.4 Å². The van der Waals surface area contributed by atoms with Gasteiger partial charge in [-0.05, 0) is 36.2 Å². The Morgan fingerprint density at radius 3 is 2.68 bits per heavy atom. The first kappa shape index (κ1) is 23.8. The Kier molecular flexibility index (Phi) is 6.95. The number of rotatable bonds is 7. The first-order valence-corrected chi connectivity index (χ1v) is 11.9. The Bertz CT molecular complexity index is 1440. The Labute approximate surface area is 204 Å². The first-order chi connectivity index (χ1) is 16.3. The van der Waals surface area contributed by atoms with Crippen LogP contribution in [-0.4, -0.2) is 43.5 Å². The number of nitrogens with one attached hydrogen (secondary N) is 1. The second-order valence-corrected chi connectivity index (χ2v) is 9.45. The predicted molar refractivity (Wildman–Crippen MR) is 134 cm³/mol. The van der Waals surface area contributed by atoms with Crippen molar-refractivity contribution in [1.29, 1.82) is 0 Å². The molecule has 4 rings (SSSR count). The third kappa shape index (κ3) is 4.80. The molecule has 0 spiro atoms. The number of fused-ring (bicyclic) bond motifs is 2. The van der Waals surface area contributed by atoms with Crippen molar-refractivity contribution in [2.24, 2.45) is 5.92 Å². The van der Waals surface area contributed by atoms with Gasteiger partial charge in [-0.25, -0.2) is 14.8 Å². The van der Waals surface area contributed by atoms with E-state index in [2.05, 4.69) is 15.0 Å². The van der Waals surface area contributed by atoms with Gasteiger partial charge in [-0.3, -0.25) is 9.36 Å². The van der Waals surface area contributed by atoms with E-state index in [1.165, 1.54) is 7.11 Å². The number of aliphatic hydroxyl groups excluding tert-OH is 1. The summed E-state index contributed by atoms with van der Waals surface area (Å²) >= 11 is 7.23. The third-order valence-corrected chi connectivity index (χ3v) is 6.29. The van der Waals surface area contributed by atoms with Crippen LogP contribution in [0.25, 0.3) is 27.5 Å². The number of halogens is 1. The van der Waals surface area contributed by atoms with Gasteiger partial charge >= 0.3 is 5.97 Å². The number of esters is 1. The van der Waals surface area contributed by atoms with Gasteiger partial charge in [0.25, 0.3) is 5.56 Å². The second-order valence-electron chi connectivity index (χ2n) is 8.07. The van der Waals surface area contributed by atoms with Crippen LogP contribution in [0.15, 0.2) is 58.2 Å². The van der Waals surface area contributed by atoms with Gasteiger partial charge in [-0.2, -0.15) is 0 Å². The summed E-state index contributed by atoms with van der Waals surface area (Å²) in [5, 5.41) is 12.2. The average molecular weight is 499 g/mol. The molecule has 10 heteroatoms. The van der Waals surface area contributed by atoms with Crippen molar-refractivity contribution in [3.8, 4) is 0 Å². The van der Waals surface area contributed by atoms with Crippen molar-refractivity contribution < 1.29 is 14.6 Å². The summed E-state index contributed by atoms with van der Waals surface area (Å²) in [6.45, 7) is 4.43. The van der Waals surface area contributed by atoms with Crippen LogP contribution in [0.1, 0.15) is 19.7 Å². The maximum absolute atomic E-state index is 13.2. The van der Waals surface area contributed by atoms with E-state index >= 15 is 0 Å². The number of carbonyl (C=O) groups is 1. The van der Waals surface area contributed by atoms with Gasteiger partial charge in [0, 0.05) is 11.6 Å². The summed E-state index contributed by atoms with van der Waals surface area (Å²) in [6.07, 6.45) is 0. The number of imidazole rings is 1. The molecule has 0 unspecified atom stereocenters. The summed E-state index contributed by atoms with van der Waals surface area (Å²) in [5.41, 5.74) is 1.60. The molecule has 0 saturated heterocycles. The summed E-state index contributed by atoms with van der Waals surface area (Å²) in [5.74, 6) is -0.603. The van der Waals surface area contributed by atoms with Gasteiger partial charge in [0.05, 0.1) is 34.8 Å². The largest absolute Gasteiger partial charge is 0.510 e. The number of carbonyl (C=O) groups excluding carboxylic acids is 1. The van der Waals surface area contributed by atoms with Crippen molar-refractivity contribution in [2.45, 2.75) is 25.5 Å². The molecule has 176 valence electrons. The Balaban J connectivity index is 1.75. The SMILES string of the molecule is COC(=O)/C(=C(/O)CSc1nc2ccc(Cl)cc2c(=O)n1CC(C)C)c1nc2ccccc2[nH]1. The van der Waals surface area contributed by atoms with Gasteiger partial charge in [-0.15, -0.1) is 0 Å². The number of aromatic nitrogens is 4. The van der Waals surface area contributed by atoms with E-state index in [1.54, 1.807) is 28.8 Å². The molecule has 0 aliphatic carbocycles. The summed E-state index contributed by atoms with van der Waals surface area (Å²) in [4.78, 5) is 37.8. The molecule has 2 N–H and O–H groups in total. The number of aromatic amines is 1. The van der Waals surface area contributed by atoms with Crippen LogP contribution in [-0.2, 0) is 16.1 Å². The molecule has 0 atom stereocenters. The highest BCUT2D eigenvalue weighted by Gasteiger charge is 2.23. The molecule has 0 radical (unpaired) electrons. The van der Waals surface area contributed by atoms with Crippen LogP contribution >= 0.6 is 23.4 Å². The molecule has 8 nitrogen and oxygen atoms in total. The number of para-hydroxylation sites is 2. The fourth-order valence-electron chi connectivity index (χ4n) is 3.54. The topological polar surface area (TPSA) is 110 Å². The minimum absolute atomic E-state index is 0.0227. The van der Waals surface area contributed by atoms with Gasteiger partial charge in [-0.1, -0.05) is 49.3 Å². The van der Waals surface area contributed by atoms with Crippen LogP contribution in [0.4, 0.5) is 0 Å². The second kappa shape index (κ2) is 9.90. The molecular weight excluding hydrogens is 476 g/mol. The first-order valence-electron chi connectivity index (χ1n) is 10.6. The third-order valence-electron chi connectivity index (χ3n) is 5.07. The van der Waals surface area contributed by atoms with E-state index in [4.69, 9.17) is 16.3 Å². The average Bonchev–Trinajstić information content (AvgIpc) is 3.23. The normalized spacial score (nSPS) is 12.4. The van der Waals surface area contributed by atoms with E-state index in [1.807, 2.05) is 32.0 Å². The number of hydrogen-bond acceptors (Lipinski definition) is 7. The molecule has 2 heterocycles. The van der Waals surface area contributed by atoms with Crippen molar-refractivity contribution in [3.63, 3.8) is 0 Å². The van der Waals surface area contributed by atoms with Gasteiger partial charge in [0.2, 0.25) is 0 Å². The predicted octanol–water partition coefficient (Wildman–Crippen LogP) is 4.82. The lowest BCUT2D eigenvalue weighted by molar-refractivity contribution is -0.133. The van der Waals surface area contributed by atoms with E-state index in [0.717, 1.165) is 17.3 Å². The summed E-state index contributed by atoms with van der Waals surface area (Å²) in [6, 6.07) is 12.3. The van der Waals surface area contributed by atoms with Crippen molar-refractivity contribution in [2.75, 3.05) is 12.9 Å². The molecule has 0 aliphatic heterocycles. The Morgan fingerprint density at radius 1 is 1.21 bits per heavy atom. The van der Waals surface area contributed by atoms with Crippen LogP contribution in [0.3, 0.4) is 0 Å². The molecule has 34 heavy (non-hydrogen) atoms. The highest BCUT2D eigenvalue weighted by atomic mass is 35.5. The number of nitrogens with zero attached hydrogens (tertiary/aromatic N) is 3. The molecule has 2 aromatic heterocycles. The van der Waals surface area contributed by atoms with E-state index < -0.39 is 5.97 Å².